The van der Waals surface area contributed by atoms with E-state index < -0.39 is 5.82 Å². The number of hydrogen-bond donors (Lipinski definition) is 2. The Hall–Kier alpha value is -4.38. The number of aromatic amines is 1. The minimum absolute atomic E-state index is 0.141. The van der Waals surface area contributed by atoms with Crippen molar-refractivity contribution in [2.24, 2.45) is 7.05 Å². The number of carbonyl (C=O) groups excluding carboxylic acids is 1. The van der Waals surface area contributed by atoms with Crippen LogP contribution in [-0.4, -0.2) is 42.0 Å². The second-order valence-corrected chi connectivity index (χ2v) is 9.50. The first-order chi connectivity index (χ1) is 17.8. The van der Waals surface area contributed by atoms with E-state index in [0.717, 1.165) is 26.9 Å². The highest BCUT2D eigenvalue weighted by Gasteiger charge is 2.25. The number of rotatable bonds is 8. The molecule has 0 aliphatic rings. The van der Waals surface area contributed by atoms with Gasteiger partial charge < -0.3 is 10.1 Å². The van der Waals surface area contributed by atoms with Crippen LogP contribution in [0.1, 0.15) is 19.7 Å². The van der Waals surface area contributed by atoms with Gasteiger partial charge in [-0.25, -0.2) is 14.4 Å². The average Bonchev–Trinajstić information content (AvgIpc) is 3.62. The number of benzene rings is 1. The maximum absolute atomic E-state index is 14.3. The SMILES string of the molecule is C=CC(=O)NCc1nc(-c2nc(-c3cnn(C)c3)c3ccsc3c2-c2ccc(F)cc2OC(C)C)n[nH]1. The van der Waals surface area contributed by atoms with Gasteiger partial charge in [-0.1, -0.05) is 6.58 Å². The lowest BCUT2D eigenvalue weighted by molar-refractivity contribution is -0.116. The number of halogens is 1. The molecule has 1 aromatic carbocycles. The van der Waals surface area contributed by atoms with Crippen LogP contribution in [0.15, 0.2) is 54.7 Å². The third-order valence-electron chi connectivity index (χ3n) is 5.52. The fourth-order valence-corrected chi connectivity index (χ4v) is 4.93. The zero-order valence-electron chi connectivity index (χ0n) is 20.4. The molecule has 0 saturated carbocycles. The zero-order chi connectivity index (χ0) is 26.1. The van der Waals surface area contributed by atoms with Gasteiger partial charge in [-0.15, -0.1) is 11.3 Å². The van der Waals surface area contributed by atoms with Gasteiger partial charge in [-0.05, 0) is 43.5 Å². The maximum atomic E-state index is 14.3. The number of fused-ring (bicyclic) bond motifs is 1. The summed E-state index contributed by atoms with van der Waals surface area (Å²) in [6.45, 7) is 7.37. The zero-order valence-corrected chi connectivity index (χ0v) is 21.3. The lowest BCUT2D eigenvalue weighted by Gasteiger charge is -2.17. The Morgan fingerprint density at radius 3 is 2.86 bits per heavy atom. The minimum Gasteiger partial charge on any atom is -0.490 e. The predicted octanol–water partition coefficient (Wildman–Crippen LogP) is 4.88. The summed E-state index contributed by atoms with van der Waals surface area (Å²) in [6.07, 6.45) is 4.66. The van der Waals surface area contributed by atoms with Crippen molar-refractivity contribution in [3.8, 4) is 39.7 Å². The fourth-order valence-electron chi connectivity index (χ4n) is 3.98. The van der Waals surface area contributed by atoms with Crippen LogP contribution in [0.2, 0.25) is 0 Å². The van der Waals surface area contributed by atoms with Crippen molar-refractivity contribution in [2.45, 2.75) is 26.5 Å². The molecule has 9 nitrogen and oxygen atoms in total. The number of ether oxygens (including phenoxy) is 1. The topological polar surface area (TPSA) is 111 Å². The number of nitrogens with zero attached hydrogens (tertiary/aromatic N) is 5. The largest absolute Gasteiger partial charge is 0.490 e. The molecule has 37 heavy (non-hydrogen) atoms. The summed E-state index contributed by atoms with van der Waals surface area (Å²) in [5.41, 5.74) is 3.46. The van der Waals surface area contributed by atoms with E-state index in [1.165, 1.54) is 29.5 Å². The summed E-state index contributed by atoms with van der Waals surface area (Å²) >= 11 is 1.54. The molecule has 4 aromatic heterocycles. The van der Waals surface area contributed by atoms with Gasteiger partial charge in [0, 0.05) is 46.1 Å². The number of nitrogens with one attached hydrogen (secondary N) is 2. The van der Waals surface area contributed by atoms with Crippen molar-refractivity contribution in [1.82, 2.24) is 35.3 Å². The molecule has 0 atom stereocenters. The molecule has 11 heteroatoms. The van der Waals surface area contributed by atoms with Crippen LogP contribution in [-0.2, 0) is 18.4 Å². The molecule has 0 aliphatic carbocycles. The number of pyridine rings is 1. The highest BCUT2D eigenvalue weighted by Crippen LogP contribution is 2.45. The Bertz CT molecular complexity index is 1620. The van der Waals surface area contributed by atoms with Crippen LogP contribution >= 0.6 is 11.3 Å². The Morgan fingerprint density at radius 1 is 1.30 bits per heavy atom. The lowest BCUT2D eigenvalue weighted by atomic mass is 9.98. The van der Waals surface area contributed by atoms with Gasteiger partial charge in [0.1, 0.15) is 23.1 Å². The van der Waals surface area contributed by atoms with Crippen LogP contribution in [0.25, 0.3) is 44.0 Å². The molecule has 1 amide bonds. The fraction of sp³-hybridized carbons (Fsp3) is 0.192. The number of H-pyrrole nitrogens is 1. The third-order valence-corrected chi connectivity index (χ3v) is 6.45. The average molecular weight is 518 g/mol. The van der Waals surface area contributed by atoms with Crippen LogP contribution in [0.3, 0.4) is 0 Å². The molecule has 0 saturated heterocycles. The van der Waals surface area contributed by atoms with Crippen molar-refractivity contribution >= 4 is 27.3 Å². The number of carbonyl (C=O) groups is 1. The van der Waals surface area contributed by atoms with Crippen LogP contribution in [0.4, 0.5) is 4.39 Å². The second kappa shape index (κ2) is 9.94. The van der Waals surface area contributed by atoms with E-state index in [1.807, 2.05) is 38.5 Å². The van der Waals surface area contributed by atoms with Crippen molar-refractivity contribution < 1.29 is 13.9 Å². The molecule has 5 aromatic rings. The first-order valence-corrected chi connectivity index (χ1v) is 12.4. The predicted molar refractivity (Wildman–Crippen MR) is 140 cm³/mol. The van der Waals surface area contributed by atoms with Gasteiger partial charge in [0.25, 0.3) is 0 Å². The highest BCUT2D eigenvalue weighted by atomic mass is 32.1. The van der Waals surface area contributed by atoms with Gasteiger partial charge in [-0.3, -0.25) is 14.6 Å². The summed E-state index contributed by atoms with van der Waals surface area (Å²) < 4.78 is 22.9. The van der Waals surface area contributed by atoms with Gasteiger partial charge in [0.05, 0.1) is 24.5 Å². The molecule has 188 valence electrons. The molecule has 0 unspecified atom stereocenters. The second-order valence-electron chi connectivity index (χ2n) is 8.58. The quantitative estimate of drug-likeness (QED) is 0.284. The number of amides is 1. The standard InChI is InChI=1S/C26H24FN7O2S/c1-5-21(35)28-12-20-30-26(33-32-20)24-22(17-7-6-16(27)10-19(17)36-14(2)3)25-18(8-9-37-25)23(31-24)15-11-29-34(4)13-15/h5-11,13-14H,1,12H2,2-4H3,(H,28,35)(H,30,32,33). The summed E-state index contributed by atoms with van der Waals surface area (Å²) in [5.74, 6) is 0.456. The molecule has 0 aliphatic heterocycles. The minimum atomic E-state index is -0.401. The molecule has 0 radical (unpaired) electrons. The normalized spacial score (nSPS) is 11.3. The summed E-state index contributed by atoms with van der Waals surface area (Å²) in [5, 5.41) is 17.2. The van der Waals surface area contributed by atoms with Gasteiger partial charge in [-0.2, -0.15) is 10.2 Å². The first-order valence-electron chi connectivity index (χ1n) is 11.5. The monoisotopic (exact) mass is 517 g/mol. The smallest absolute Gasteiger partial charge is 0.243 e. The van der Waals surface area contributed by atoms with Crippen molar-refractivity contribution in [1.29, 1.82) is 0 Å². The van der Waals surface area contributed by atoms with E-state index in [-0.39, 0.29) is 18.6 Å². The molecular formula is C26H24FN7O2S. The van der Waals surface area contributed by atoms with Crippen molar-refractivity contribution in [2.75, 3.05) is 0 Å². The van der Waals surface area contributed by atoms with Gasteiger partial charge >= 0.3 is 0 Å². The van der Waals surface area contributed by atoms with E-state index in [1.54, 1.807) is 16.9 Å². The van der Waals surface area contributed by atoms with Crippen molar-refractivity contribution in [3.05, 3.63) is 66.3 Å². The summed E-state index contributed by atoms with van der Waals surface area (Å²) in [6, 6.07) is 6.47. The van der Waals surface area contributed by atoms with Gasteiger partial charge in [0.2, 0.25) is 11.7 Å². The summed E-state index contributed by atoms with van der Waals surface area (Å²) in [4.78, 5) is 21.2. The van der Waals surface area contributed by atoms with Gasteiger partial charge in [0.15, 0.2) is 0 Å². The molecular weight excluding hydrogens is 493 g/mol. The molecule has 0 fully saturated rings. The highest BCUT2D eigenvalue weighted by molar-refractivity contribution is 7.18. The Balaban J connectivity index is 1.76. The van der Waals surface area contributed by atoms with E-state index in [0.29, 0.717) is 28.7 Å². The number of thiophene rings is 1. The number of aromatic nitrogens is 6. The van der Waals surface area contributed by atoms with E-state index in [2.05, 4.69) is 32.2 Å². The summed E-state index contributed by atoms with van der Waals surface area (Å²) in [7, 11) is 1.84. The molecule has 2 N–H and O–H groups in total. The van der Waals surface area contributed by atoms with Crippen LogP contribution in [0.5, 0.6) is 5.75 Å². The third kappa shape index (κ3) is 4.85. The lowest BCUT2D eigenvalue weighted by Crippen LogP contribution is -2.20. The molecule has 5 rings (SSSR count). The molecule has 0 bridgehead atoms. The van der Waals surface area contributed by atoms with Crippen LogP contribution in [0, 0.1) is 5.82 Å². The molecule has 4 heterocycles. The first kappa shape index (κ1) is 24.3. The number of hydrogen-bond acceptors (Lipinski definition) is 7. The van der Waals surface area contributed by atoms with Crippen molar-refractivity contribution in [3.63, 3.8) is 0 Å². The maximum Gasteiger partial charge on any atom is 0.243 e. The Labute approximate surface area is 216 Å². The van der Waals surface area contributed by atoms with Crippen LogP contribution < -0.4 is 10.1 Å². The number of aryl methyl sites for hydroxylation is 1. The Kier molecular flexibility index (Phi) is 6.53. The van der Waals surface area contributed by atoms with E-state index in [9.17, 15) is 9.18 Å². The Morgan fingerprint density at radius 2 is 2.14 bits per heavy atom. The molecule has 0 spiro atoms. The van der Waals surface area contributed by atoms with E-state index >= 15 is 0 Å². The van der Waals surface area contributed by atoms with E-state index in [4.69, 9.17) is 9.72 Å².